The van der Waals surface area contributed by atoms with Crippen molar-refractivity contribution in [2.45, 2.75) is 37.6 Å². The molecular weight excluding hydrogens is 296 g/mol. The number of nitrogens with zero attached hydrogens (tertiary/aromatic N) is 1. The summed E-state index contributed by atoms with van der Waals surface area (Å²) < 4.78 is 5.46. The zero-order chi connectivity index (χ0) is 16.2. The van der Waals surface area contributed by atoms with Gasteiger partial charge in [0.1, 0.15) is 11.8 Å². The molecule has 0 aliphatic carbocycles. The highest BCUT2D eigenvalue weighted by Gasteiger charge is 2.27. The van der Waals surface area contributed by atoms with E-state index in [-0.39, 0.29) is 11.8 Å². The minimum atomic E-state index is -0.437. The number of aromatic nitrogens is 1. The number of methoxy groups -OCH3 is 1. The zero-order valence-corrected chi connectivity index (χ0v) is 13.2. The van der Waals surface area contributed by atoms with Crippen LogP contribution in [0.25, 0.3) is 0 Å². The number of nitrogens with one attached hydrogen (secondary N) is 3. The standard InChI is InChI=1S/C16H22N4O3/c1-23-14-8-12(10-4-6-17-7-5-10)18-9-13(14)19-11-2-3-15(21)20-16(11)22/h8-11,17,19H,2-7H2,1H3,(H,20,21,22). The number of ether oxygens (including phenoxy) is 1. The van der Waals surface area contributed by atoms with E-state index in [1.54, 1.807) is 13.3 Å². The maximum atomic E-state index is 11.9. The van der Waals surface area contributed by atoms with Gasteiger partial charge in [-0.2, -0.15) is 0 Å². The molecule has 1 atom stereocenters. The van der Waals surface area contributed by atoms with E-state index in [0.717, 1.165) is 31.6 Å². The monoisotopic (exact) mass is 318 g/mol. The second-order valence-electron chi connectivity index (χ2n) is 5.98. The van der Waals surface area contributed by atoms with Gasteiger partial charge in [-0.1, -0.05) is 0 Å². The Morgan fingerprint density at radius 3 is 2.74 bits per heavy atom. The van der Waals surface area contributed by atoms with Crippen LogP contribution in [0.1, 0.15) is 37.3 Å². The highest BCUT2D eigenvalue weighted by molar-refractivity contribution is 6.01. The molecule has 0 saturated carbocycles. The Balaban J connectivity index is 1.74. The lowest BCUT2D eigenvalue weighted by atomic mass is 9.94. The fourth-order valence-corrected chi connectivity index (χ4v) is 3.09. The summed E-state index contributed by atoms with van der Waals surface area (Å²) in [5.41, 5.74) is 1.71. The van der Waals surface area contributed by atoms with Gasteiger partial charge in [0.2, 0.25) is 11.8 Å². The molecule has 3 N–H and O–H groups in total. The first-order chi connectivity index (χ1) is 11.2. The Kier molecular flexibility index (Phi) is 4.76. The van der Waals surface area contributed by atoms with Crippen LogP contribution >= 0.6 is 0 Å². The maximum Gasteiger partial charge on any atom is 0.249 e. The molecule has 2 aliphatic rings. The summed E-state index contributed by atoms with van der Waals surface area (Å²) in [6.45, 7) is 2.01. The normalized spacial score (nSPS) is 22.6. The van der Waals surface area contributed by atoms with Crippen LogP contribution in [-0.4, -0.2) is 43.0 Å². The largest absolute Gasteiger partial charge is 0.494 e. The van der Waals surface area contributed by atoms with E-state index in [2.05, 4.69) is 20.9 Å². The number of rotatable bonds is 4. The molecule has 0 spiro atoms. The Morgan fingerprint density at radius 1 is 1.26 bits per heavy atom. The van der Waals surface area contributed by atoms with Gasteiger partial charge in [-0.05, 0) is 32.4 Å². The molecule has 23 heavy (non-hydrogen) atoms. The number of imide groups is 1. The van der Waals surface area contributed by atoms with Crippen LogP contribution in [0.2, 0.25) is 0 Å². The Bertz CT molecular complexity index is 599. The number of amides is 2. The van der Waals surface area contributed by atoms with Crippen molar-refractivity contribution in [3.63, 3.8) is 0 Å². The number of piperidine rings is 2. The van der Waals surface area contributed by atoms with Crippen LogP contribution in [0, 0.1) is 0 Å². The van der Waals surface area contributed by atoms with Gasteiger partial charge in [-0.15, -0.1) is 0 Å². The van der Waals surface area contributed by atoms with E-state index in [1.807, 2.05) is 6.07 Å². The maximum absolute atomic E-state index is 11.9. The first-order valence-corrected chi connectivity index (χ1v) is 8.02. The van der Waals surface area contributed by atoms with Crippen LogP contribution in [0.3, 0.4) is 0 Å². The number of carbonyl (C=O) groups excluding carboxylic acids is 2. The molecule has 2 aliphatic heterocycles. The molecule has 1 aromatic heterocycles. The molecule has 2 fully saturated rings. The molecule has 2 saturated heterocycles. The number of pyridine rings is 1. The summed E-state index contributed by atoms with van der Waals surface area (Å²) in [5.74, 6) is 0.596. The number of carbonyl (C=O) groups is 2. The quantitative estimate of drug-likeness (QED) is 0.710. The molecular formula is C16H22N4O3. The van der Waals surface area contributed by atoms with Gasteiger partial charge >= 0.3 is 0 Å². The van der Waals surface area contributed by atoms with Gasteiger partial charge in [0.05, 0.1) is 19.0 Å². The van der Waals surface area contributed by atoms with Crippen molar-refractivity contribution in [2.75, 3.05) is 25.5 Å². The lowest BCUT2D eigenvalue weighted by Crippen LogP contribution is -2.47. The highest BCUT2D eigenvalue weighted by atomic mass is 16.5. The third-order valence-corrected chi connectivity index (χ3v) is 4.43. The molecule has 1 aromatic rings. The molecule has 2 amide bonds. The Hall–Kier alpha value is -2.15. The fourth-order valence-electron chi connectivity index (χ4n) is 3.09. The Labute approximate surface area is 135 Å². The van der Waals surface area contributed by atoms with Crippen LogP contribution < -0.4 is 20.7 Å². The first kappa shape index (κ1) is 15.7. The minimum Gasteiger partial charge on any atom is -0.494 e. The van der Waals surface area contributed by atoms with Gasteiger partial charge in [-0.25, -0.2) is 0 Å². The van der Waals surface area contributed by atoms with Crippen molar-refractivity contribution in [1.82, 2.24) is 15.6 Å². The number of anilines is 1. The highest BCUT2D eigenvalue weighted by Crippen LogP contribution is 2.31. The van der Waals surface area contributed by atoms with E-state index in [9.17, 15) is 9.59 Å². The number of hydrogen-bond donors (Lipinski definition) is 3. The summed E-state index contributed by atoms with van der Waals surface area (Å²) >= 11 is 0. The van der Waals surface area contributed by atoms with E-state index in [4.69, 9.17) is 4.74 Å². The predicted molar refractivity (Wildman–Crippen MR) is 85.4 cm³/mol. The second-order valence-corrected chi connectivity index (χ2v) is 5.98. The summed E-state index contributed by atoms with van der Waals surface area (Å²) in [6, 6.07) is 1.51. The smallest absolute Gasteiger partial charge is 0.249 e. The fraction of sp³-hybridized carbons (Fsp3) is 0.562. The lowest BCUT2D eigenvalue weighted by Gasteiger charge is -2.25. The van der Waals surface area contributed by atoms with Crippen molar-refractivity contribution < 1.29 is 14.3 Å². The summed E-state index contributed by atoms with van der Waals surface area (Å²) in [7, 11) is 1.61. The number of hydrogen-bond acceptors (Lipinski definition) is 6. The topological polar surface area (TPSA) is 92.3 Å². The van der Waals surface area contributed by atoms with E-state index < -0.39 is 6.04 Å². The van der Waals surface area contributed by atoms with Crippen LogP contribution in [0.5, 0.6) is 5.75 Å². The van der Waals surface area contributed by atoms with Crippen LogP contribution in [0.4, 0.5) is 5.69 Å². The third-order valence-electron chi connectivity index (χ3n) is 4.43. The van der Waals surface area contributed by atoms with Gasteiger partial charge in [0.25, 0.3) is 0 Å². The molecule has 124 valence electrons. The van der Waals surface area contributed by atoms with Gasteiger partial charge in [0.15, 0.2) is 0 Å². The molecule has 0 radical (unpaired) electrons. The molecule has 0 bridgehead atoms. The van der Waals surface area contributed by atoms with Crippen molar-refractivity contribution in [3.05, 3.63) is 18.0 Å². The van der Waals surface area contributed by atoms with E-state index >= 15 is 0 Å². The third kappa shape index (κ3) is 3.61. The SMILES string of the molecule is COc1cc(C2CCNCC2)ncc1NC1CCC(=O)NC1=O. The molecule has 7 nitrogen and oxygen atoms in total. The second kappa shape index (κ2) is 6.95. The molecule has 3 rings (SSSR count). The lowest BCUT2D eigenvalue weighted by molar-refractivity contribution is -0.133. The van der Waals surface area contributed by atoms with E-state index in [0.29, 0.717) is 30.2 Å². The van der Waals surface area contributed by atoms with Gasteiger partial charge < -0.3 is 15.4 Å². The summed E-state index contributed by atoms with van der Waals surface area (Å²) in [4.78, 5) is 27.6. The average Bonchev–Trinajstić information content (AvgIpc) is 2.58. The van der Waals surface area contributed by atoms with Gasteiger partial charge in [-0.3, -0.25) is 19.9 Å². The summed E-state index contributed by atoms with van der Waals surface area (Å²) in [5, 5.41) is 8.82. The van der Waals surface area contributed by atoms with Gasteiger partial charge in [0, 0.05) is 24.1 Å². The van der Waals surface area contributed by atoms with Crippen molar-refractivity contribution in [3.8, 4) is 5.75 Å². The van der Waals surface area contributed by atoms with Crippen molar-refractivity contribution >= 4 is 17.5 Å². The predicted octanol–water partition coefficient (Wildman–Crippen LogP) is 0.774. The zero-order valence-electron chi connectivity index (χ0n) is 13.2. The van der Waals surface area contributed by atoms with E-state index in [1.165, 1.54) is 0 Å². The van der Waals surface area contributed by atoms with Crippen LogP contribution in [0.15, 0.2) is 12.3 Å². The molecule has 0 aromatic carbocycles. The van der Waals surface area contributed by atoms with Crippen LogP contribution in [-0.2, 0) is 9.59 Å². The van der Waals surface area contributed by atoms with Crippen molar-refractivity contribution in [1.29, 1.82) is 0 Å². The molecule has 3 heterocycles. The molecule has 7 heteroatoms. The minimum absolute atomic E-state index is 0.223. The summed E-state index contributed by atoms with van der Waals surface area (Å²) in [6.07, 6.45) is 4.67. The first-order valence-electron chi connectivity index (χ1n) is 8.02. The van der Waals surface area contributed by atoms with Crippen molar-refractivity contribution in [2.24, 2.45) is 0 Å². The average molecular weight is 318 g/mol. The Morgan fingerprint density at radius 2 is 2.04 bits per heavy atom. The molecule has 1 unspecified atom stereocenters.